The highest BCUT2D eigenvalue weighted by Crippen LogP contribution is 2.37. The Balaban J connectivity index is 1.45. The molecule has 0 saturated carbocycles. The van der Waals surface area contributed by atoms with E-state index >= 15 is 0 Å². The number of H-pyrrole nitrogens is 1. The van der Waals surface area contributed by atoms with E-state index in [1.807, 2.05) is 27.7 Å². The molecule has 2 heterocycles. The number of carbonyl (C=O) groups is 2. The topological polar surface area (TPSA) is 134 Å². The summed E-state index contributed by atoms with van der Waals surface area (Å²) >= 11 is 6.61. The Bertz CT molecular complexity index is 1550. The molecule has 41 heavy (non-hydrogen) atoms. The first kappa shape index (κ1) is 30.1. The van der Waals surface area contributed by atoms with E-state index in [1.54, 1.807) is 59.1 Å². The van der Waals surface area contributed by atoms with Crippen LogP contribution in [0.4, 0.5) is 5.69 Å². The van der Waals surface area contributed by atoms with Crippen LogP contribution in [0.25, 0.3) is 5.65 Å². The summed E-state index contributed by atoms with van der Waals surface area (Å²) in [6, 6.07) is 15.3. The molecule has 0 saturated heterocycles. The highest BCUT2D eigenvalue weighted by molar-refractivity contribution is 6.34. The van der Waals surface area contributed by atoms with Crippen molar-refractivity contribution >= 4 is 34.7 Å². The number of aliphatic hydroxyl groups excluding tert-OH is 1. The van der Waals surface area contributed by atoms with Gasteiger partial charge in [0.1, 0.15) is 10.8 Å². The SMILES string of the molecule is CC(C)(C)c1[nH]n2c(C(C)(C)C(C)(C)NC(=O)COc3ccccc3NC(=O)C(O)c3ccccc3)nnc2c1Cl. The number of aromatic nitrogens is 4. The lowest BCUT2D eigenvalue weighted by Crippen LogP contribution is -2.57. The summed E-state index contributed by atoms with van der Waals surface area (Å²) in [4.78, 5) is 25.8. The Morgan fingerprint density at radius 3 is 2.29 bits per heavy atom. The maximum Gasteiger partial charge on any atom is 0.258 e. The second-order valence-electron chi connectivity index (χ2n) is 12.1. The predicted molar refractivity (Wildman–Crippen MR) is 158 cm³/mol. The van der Waals surface area contributed by atoms with E-state index in [9.17, 15) is 14.7 Å². The molecule has 4 rings (SSSR count). The molecule has 4 N–H and O–H groups in total. The molecule has 0 spiro atoms. The molecule has 0 aliphatic rings. The summed E-state index contributed by atoms with van der Waals surface area (Å²) in [6.45, 7) is 13.6. The summed E-state index contributed by atoms with van der Waals surface area (Å²) < 4.78 is 7.57. The molecule has 0 radical (unpaired) electrons. The first-order chi connectivity index (χ1) is 19.1. The molecule has 0 aliphatic carbocycles. The fourth-order valence-corrected chi connectivity index (χ4v) is 4.80. The number of nitrogens with zero attached hydrogens (tertiary/aromatic N) is 3. The molecule has 11 heteroatoms. The fraction of sp³-hybridized carbons (Fsp3) is 0.400. The lowest BCUT2D eigenvalue weighted by Gasteiger charge is -2.40. The van der Waals surface area contributed by atoms with Crippen LogP contribution in [0.3, 0.4) is 0 Å². The number of fused-ring (bicyclic) bond motifs is 1. The van der Waals surface area contributed by atoms with Crippen molar-refractivity contribution in [2.75, 3.05) is 11.9 Å². The van der Waals surface area contributed by atoms with Crippen molar-refractivity contribution in [2.24, 2.45) is 0 Å². The van der Waals surface area contributed by atoms with Crippen LogP contribution in [0.5, 0.6) is 5.75 Å². The van der Waals surface area contributed by atoms with Crippen molar-refractivity contribution < 1.29 is 19.4 Å². The Hall–Kier alpha value is -3.89. The average molecular weight is 581 g/mol. The molecule has 1 unspecified atom stereocenters. The first-order valence-electron chi connectivity index (χ1n) is 13.3. The predicted octanol–water partition coefficient (Wildman–Crippen LogP) is 4.93. The maximum atomic E-state index is 13.1. The monoisotopic (exact) mass is 580 g/mol. The molecule has 2 aromatic heterocycles. The molecule has 1 atom stereocenters. The Labute approximate surface area is 244 Å². The van der Waals surface area contributed by atoms with E-state index in [2.05, 4.69) is 46.7 Å². The van der Waals surface area contributed by atoms with Crippen LogP contribution in [0.15, 0.2) is 54.6 Å². The van der Waals surface area contributed by atoms with Crippen molar-refractivity contribution in [3.05, 3.63) is 76.7 Å². The number of halogens is 1. The van der Waals surface area contributed by atoms with Gasteiger partial charge in [-0.3, -0.25) is 14.7 Å². The van der Waals surface area contributed by atoms with Gasteiger partial charge in [-0.25, -0.2) is 4.52 Å². The maximum absolute atomic E-state index is 13.1. The lowest BCUT2D eigenvalue weighted by atomic mass is 9.73. The largest absolute Gasteiger partial charge is 0.482 e. The summed E-state index contributed by atoms with van der Waals surface area (Å²) in [6.07, 6.45) is -1.35. The summed E-state index contributed by atoms with van der Waals surface area (Å²) in [5, 5.41) is 28.7. The minimum absolute atomic E-state index is 0.227. The van der Waals surface area contributed by atoms with Gasteiger partial charge in [-0.05, 0) is 31.5 Å². The van der Waals surface area contributed by atoms with Gasteiger partial charge in [0.25, 0.3) is 11.8 Å². The van der Waals surface area contributed by atoms with Crippen LogP contribution >= 0.6 is 11.6 Å². The van der Waals surface area contributed by atoms with Crippen LogP contribution in [0.2, 0.25) is 5.02 Å². The van der Waals surface area contributed by atoms with E-state index in [4.69, 9.17) is 16.3 Å². The summed E-state index contributed by atoms with van der Waals surface area (Å²) in [5.74, 6) is -0.0724. The van der Waals surface area contributed by atoms with Gasteiger partial charge >= 0.3 is 0 Å². The van der Waals surface area contributed by atoms with Crippen LogP contribution < -0.4 is 15.4 Å². The summed E-state index contributed by atoms with van der Waals surface area (Å²) in [5.41, 5.74) is 0.474. The standard InChI is InChI=1S/C30H37ClN6O4/c1-28(2,3)24-22(31)25-34-35-27(37(25)36-24)29(4,5)30(6,7)33-21(38)17-41-20-16-12-11-15-19(20)32-26(40)23(39)18-13-9-8-10-14-18/h8-16,23,36,39H,17H2,1-7H3,(H,32,40)(H,33,38). The molecule has 0 bridgehead atoms. The number of benzene rings is 2. The number of hydrogen-bond donors (Lipinski definition) is 4. The highest BCUT2D eigenvalue weighted by atomic mass is 35.5. The molecule has 10 nitrogen and oxygen atoms in total. The molecular formula is C30H37ClN6O4. The first-order valence-corrected chi connectivity index (χ1v) is 13.7. The van der Waals surface area contributed by atoms with Crippen LogP contribution in [0, 0.1) is 0 Å². The zero-order valence-corrected chi connectivity index (χ0v) is 25.1. The number of aliphatic hydroxyl groups is 1. The second kappa shape index (κ2) is 11.2. The highest BCUT2D eigenvalue weighted by Gasteiger charge is 2.44. The molecule has 2 aromatic carbocycles. The van der Waals surface area contributed by atoms with E-state index in [-0.39, 0.29) is 17.9 Å². The Morgan fingerprint density at radius 1 is 1.00 bits per heavy atom. The molecule has 4 aromatic rings. The number of rotatable bonds is 9. The average Bonchev–Trinajstić information content (AvgIpc) is 3.48. The minimum atomic E-state index is -1.35. The van der Waals surface area contributed by atoms with Gasteiger partial charge in [-0.15, -0.1) is 10.2 Å². The molecule has 218 valence electrons. The minimum Gasteiger partial charge on any atom is -0.482 e. The van der Waals surface area contributed by atoms with Crippen molar-refractivity contribution in [1.29, 1.82) is 0 Å². The van der Waals surface area contributed by atoms with Gasteiger partial charge in [-0.2, -0.15) is 0 Å². The Kier molecular flexibility index (Phi) is 8.20. The third-order valence-electron chi connectivity index (χ3n) is 7.49. The number of ether oxygens (including phenoxy) is 1. The number of para-hydroxylation sites is 2. The third kappa shape index (κ3) is 6.08. The van der Waals surface area contributed by atoms with E-state index in [1.165, 1.54) is 0 Å². The van der Waals surface area contributed by atoms with Gasteiger partial charge in [0.05, 0.1) is 11.4 Å². The zero-order chi connectivity index (χ0) is 30.2. The summed E-state index contributed by atoms with van der Waals surface area (Å²) in [7, 11) is 0. The Morgan fingerprint density at radius 2 is 1.63 bits per heavy atom. The number of anilines is 1. The van der Waals surface area contributed by atoms with E-state index in [0.717, 1.165) is 5.69 Å². The molecule has 2 amide bonds. The number of hydrogen-bond acceptors (Lipinski definition) is 6. The molecule has 0 fully saturated rings. The normalized spacial score (nSPS) is 13.2. The van der Waals surface area contributed by atoms with Crippen molar-refractivity contribution in [2.45, 2.75) is 70.9 Å². The number of nitrogens with one attached hydrogen (secondary N) is 3. The van der Waals surface area contributed by atoms with Crippen LogP contribution in [-0.2, 0) is 20.4 Å². The zero-order valence-electron chi connectivity index (χ0n) is 24.4. The van der Waals surface area contributed by atoms with Crippen LogP contribution in [-0.4, -0.2) is 48.9 Å². The second-order valence-corrected chi connectivity index (χ2v) is 12.5. The van der Waals surface area contributed by atoms with Crippen molar-refractivity contribution in [1.82, 2.24) is 25.1 Å². The van der Waals surface area contributed by atoms with E-state index < -0.39 is 23.0 Å². The number of aromatic amines is 1. The van der Waals surface area contributed by atoms with Crippen molar-refractivity contribution in [3.8, 4) is 5.75 Å². The number of amides is 2. The lowest BCUT2D eigenvalue weighted by molar-refractivity contribution is -0.125. The van der Waals surface area contributed by atoms with Gasteiger partial charge in [0, 0.05) is 16.4 Å². The number of carbonyl (C=O) groups excluding carboxylic acids is 2. The quantitative estimate of drug-likeness (QED) is 0.222. The van der Waals surface area contributed by atoms with Crippen molar-refractivity contribution in [3.63, 3.8) is 0 Å². The molecule has 0 aliphatic heterocycles. The van der Waals surface area contributed by atoms with Gasteiger partial charge in [0.2, 0.25) is 0 Å². The molecular weight excluding hydrogens is 544 g/mol. The van der Waals surface area contributed by atoms with Crippen LogP contribution in [0.1, 0.15) is 71.7 Å². The third-order valence-corrected chi connectivity index (χ3v) is 7.85. The van der Waals surface area contributed by atoms with Gasteiger partial charge in [0.15, 0.2) is 24.2 Å². The smallest absolute Gasteiger partial charge is 0.258 e. The van der Waals surface area contributed by atoms with Gasteiger partial charge < -0.3 is 20.5 Å². The van der Waals surface area contributed by atoms with E-state index in [0.29, 0.717) is 33.5 Å². The van der Waals surface area contributed by atoms with Gasteiger partial charge in [-0.1, -0.05) is 88.7 Å². The fourth-order valence-electron chi connectivity index (χ4n) is 4.35.